The number of carboxylic acid groups (broad SMARTS) is 8. The normalized spacial score (nSPS) is 11.1. The van der Waals surface area contributed by atoms with Crippen LogP contribution in [0.3, 0.4) is 0 Å². The van der Waals surface area contributed by atoms with Crippen molar-refractivity contribution in [1.29, 1.82) is 0 Å². The van der Waals surface area contributed by atoms with Gasteiger partial charge in [0.15, 0.2) is 0 Å². The van der Waals surface area contributed by atoms with Crippen molar-refractivity contribution < 1.29 is 117 Å². The minimum Gasteiger partial charge on any atom is -0.481 e. The molecule has 0 aliphatic carbocycles. The van der Waals surface area contributed by atoms with E-state index in [-0.39, 0.29) is 48.3 Å². The number of anilines is 2. The molecule has 32 nitrogen and oxygen atoms in total. The fraction of sp³-hybridized carbons (Fsp3) is 0.455. The molecule has 4 rings (SSSR count). The van der Waals surface area contributed by atoms with E-state index in [1.165, 1.54) is 110 Å². The number of hydrogen-bond donors (Lipinski definition) is 16. The number of hydrogen-bond acceptors (Lipinski definition) is 40. The Bertz CT molecular complexity index is 3080. The maximum Gasteiger partial charge on any atom is 0.335 e. The van der Waals surface area contributed by atoms with Gasteiger partial charge in [-0.25, -0.2) is 9.59 Å². The molecule has 0 spiro atoms. The molecule has 114 heavy (non-hydrogen) atoms. The Kier molecular flexibility index (Phi) is 80.8. The molecule has 644 valence electrons. The number of ether oxygens (including phenoxy) is 4. The second kappa shape index (κ2) is 79.6. The van der Waals surface area contributed by atoms with Crippen molar-refractivity contribution in [1.82, 2.24) is 0 Å². The fourth-order valence-corrected chi connectivity index (χ4v) is 21.2. The summed E-state index contributed by atoms with van der Waals surface area (Å²) in [7, 11) is 26.1. The van der Waals surface area contributed by atoms with Crippen LogP contribution in [0.4, 0.5) is 11.4 Å². The van der Waals surface area contributed by atoms with Crippen LogP contribution in [0.1, 0.15) is 73.1 Å². The number of aromatic carboxylic acids is 2. The number of methoxy groups -OCH3 is 2. The van der Waals surface area contributed by atoms with E-state index in [0.717, 1.165) is 78.9 Å². The highest BCUT2D eigenvalue weighted by molar-refractivity contribution is 8.78. The lowest BCUT2D eigenvalue weighted by molar-refractivity contribution is -0.144. The summed E-state index contributed by atoms with van der Waals surface area (Å²) in [6.45, 7) is 5.62. The van der Waals surface area contributed by atoms with Crippen LogP contribution in [0.2, 0.25) is 0 Å². The standard InChI is InChI=1S/C14H10O4S2.C12H12N2S2.C10H20N2O4S2.C8H16N2O4S2.C8H14O4S2.C6H10O4S2.C4H12N2S2.C4H6O4S2/c15-13(16)9-1-5-11(6-2-9)19-20-12-7-3-10(4-8-12)14(17)18;13-9-1-5-11(6-2-9)15-16-12-7-3-10(14)4-8-12;1-3-15-9(13)7(11)5-17-18-6-8(12)10(14)16-4-2;1-13-7(11)5(9)3-15-16-4-6(10)8(12)14-2;9-7(10)3-1-5-13-14-6-2-4-8(11)12;7-5(8)1-3-11-12-4-2-6(9)10;5-1-3-7-8-4-2-6;5-3(6)1-9-10-2-4(7)8/h1-8H,(H,15,16)(H,17,18);1-8H,13-14H2;7-8H,3-6,11-12H2,1-2H3;5-6H,3-4,9-10H2,1-2H3;1-6H2,(H,9,10)(H,11,12);1-4H2,(H,7,8)(H,9,10);1-6H2;1-2H2,(H,5,6)(H,7,8). The van der Waals surface area contributed by atoms with Crippen LogP contribution in [0, 0.1) is 0 Å². The average Bonchev–Trinajstić information content (AvgIpc) is 0.883. The molecule has 4 aromatic rings. The van der Waals surface area contributed by atoms with Crippen molar-refractivity contribution in [2.45, 2.75) is 96.1 Å². The summed E-state index contributed by atoms with van der Waals surface area (Å²) in [4.78, 5) is 130. The largest absolute Gasteiger partial charge is 0.481 e. The number of carbonyl (C=O) groups is 12. The highest BCUT2D eigenvalue weighted by atomic mass is 33.1. The number of rotatable bonds is 50. The molecule has 0 aliphatic rings. The van der Waals surface area contributed by atoms with Crippen LogP contribution < -0.4 is 45.9 Å². The maximum absolute atomic E-state index is 11.2. The Balaban J connectivity index is -0.000000615. The van der Waals surface area contributed by atoms with Gasteiger partial charge in [-0.2, -0.15) is 0 Å². The van der Waals surface area contributed by atoms with E-state index in [1.807, 2.05) is 48.5 Å². The first kappa shape index (κ1) is 116. The van der Waals surface area contributed by atoms with Crippen LogP contribution in [0.25, 0.3) is 0 Å². The number of carboxylic acids is 8. The molecule has 0 fully saturated rings. The molecule has 4 unspecified atom stereocenters. The van der Waals surface area contributed by atoms with E-state index in [4.69, 9.17) is 96.2 Å². The zero-order valence-electron chi connectivity index (χ0n) is 62.4. The van der Waals surface area contributed by atoms with Gasteiger partial charge in [-0.15, -0.1) is 0 Å². The predicted octanol–water partition coefficient (Wildman–Crippen LogP) is 11.3. The molecule has 0 amide bonds. The summed E-state index contributed by atoms with van der Waals surface area (Å²) in [6.07, 6.45) is 2.03. The first-order valence-corrected chi connectivity index (χ1v) is 52.1. The summed E-state index contributed by atoms with van der Waals surface area (Å²) in [6, 6.07) is 26.3. The number of benzene rings is 4. The molecule has 0 aromatic heterocycles. The number of aliphatic carboxylic acids is 6. The van der Waals surface area contributed by atoms with Gasteiger partial charge in [0.05, 0.1) is 51.4 Å². The number of nitrogens with two attached hydrogens (primary N) is 8. The van der Waals surface area contributed by atoms with Gasteiger partial charge < -0.3 is 106 Å². The Hall–Kier alpha value is -4.52. The summed E-state index contributed by atoms with van der Waals surface area (Å²) < 4.78 is 18.5. The van der Waals surface area contributed by atoms with Gasteiger partial charge in [-0.3, -0.25) is 47.9 Å². The second-order valence-electron chi connectivity index (χ2n) is 20.3. The number of nitrogen functional groups attached to an aromatic ring is 2. The minimum absolute atomic E-state index is 0.0576. The van der Waals surface area contributed by atoms with Crippen molar-refractivity contribution in [3.63, 3.8) is 0 Å². The molecule has 0 aliphatic heterocycles. The Labute approximate surface area is 726 Å². The molecule has 0 bridgehead atoms. The zero-order valence-corrected chi connectivity index (χ0v) is 75.4. The average molecular weight is 1900 g/mol. The predicted molar refractivity (Wildman–Crippen MR) is 482 cm³/mol. The summed E-state index contributed by atoms with van der Waals surface area (Å²) in [5.74, 6) is -2.38. The van der Waals surface area contributed by atoms with E-state index in [0.29, 0.717) is 60.6 Å². The molecule has 4 aromatic carbocycles. The highest BCUT2D eigenvalue weighted by Crippen LogP contribution is 2.39. The van der Waals surface area contributed by atoms with Gasteiger partial charge in [0, 0.05) is 114 Å². The van der Waals surface area contributed by atoms with Gasteiger partial charge in [-0.1, -0.05) is 173 Å². The van der Waals surface area contributed by atoms with Gasteiger partial charge in [0.25, 0.3) is 0 Å². The van der Waals surface area contributed by atoms with Gasteiger partial charge in [-0.05, 0) is 124 Å². The third-order valence-corrected chi connectivity index (χ3v) is 30.3. The molecule has 0 radical (unpaired) electrons. The molecular weight excluding hydrogens is 1800 g/mol. The maximum atomic E-state index is 11.2. The third kappa shape index (κ3) is 77.4. The minimum atomic E-state index is -0.946. The molecular formula is C66H100N8O24S16. The Morgan fingerprint density at radius 3 is 0.798 bits per heavy atom. The molecule has 48 heteroatoms. The van der Waals surface area contributed by atoms with Crippen LogP contribution >= 0.6 is 173 Å². The van der Waals surface area contributed by atoms with Gasteiger partial charge >= 0.3 is 71.6 Å². The first-order chi connectivity index (χ1) is 54.1. The molecule has 4 atom stereocenters. The van der Waals surface area contributed by atoms with Crippen molar-refractivity contribution >= 4 is 256 Å². The van der Waals surface area contributed by atoms with Crippen molar-refractivity contribution in [3.05, 3.63) is 108 Å². The van der Waals surface area contributed by atoms with Crippen LogP contribution in [0.5, 0.6) is 0 Å². The lowest BCUT2D eigenvalue weighted by Gasteiger charge is -2.11. The van der Waals surface area contributed by atoms with Crippen LogP contribution in [-0.4, -0.2) is 246 Å². The van der Waals surface area contributed by atoms with Crippen molar-refractivity contribution in [2.75, 3.05) is 121 Å². The zero-order chi connectivity index (χ0) is 86.9. The van der Waals surface area contributed by atoms with E-state index in [1.54, 1.807) is 127 Å². The van der Waals surface area contributed by atoms with Gasteiger partial charge in [0.1, 0.15) is 35.7 Å². The van der Waals surface area contributed by atoms with Gasteiger partial charge in [0.2, 0.25) is 0 Å². The smallest absolute Gasteiger partial charge is 0.335 e. The summed E-state index contributed by atoms with van der Waals surface area (Å²) >= 11 is 0. The lowest BCUT2D eigenvalue weighted by Crippen LogP contribution is -2.35. The van der Waals surface area contributed by atoms with E-state index in [2.05, 4.69) is 9.47 Å². The lowest BCUT2D eigenvalue weighted by atomic mass is 10.2. The second-order valence-corrected chi connectivity index (χ2v) is 40.6. The molecule has 0 saturated carbocycles. The van der Waals surface area contributed by atoms with Crippen LogP contribution in [-0.2, 0) is 66.9 Å². The number of esters is 4. The SMILES string of the molecule is CCOC(=O)C(N)CSSCC(N)C(=O)OCC.COC(=O)C(N)CSSCC(N)C(=O)OC.NCCSSCCN.Nc1ccc(SSc2ccc(N)cc2)cc1.O=C(O)CCCSSCCCC(=O)O.O=C(O)CCSSCCC(=O)O.O=C(O)CSSCC(=O)O.O=C(O)c1ccc(SSc2ccc(C(=O)O)cc2)cc1. The van der Waals surface area contributed by atoms with Crippen LogP contribution in [0.15, 0.2) is 117 Å². The Morgan fingerprint density at radius 2 is 0.570 bits per heavy atom. The molecule has 24 N–H and O–H groups in total. The van der Waals surface area contributed by atoms with E-state index >= 15 is 0 Å². The monoisotopic (exact) mass is 1900 g/mol. The fourth-order valence-electron chi connectivity index (χ4n) is 5.56. The van der Waals surface area contributed by atoms with E-state index in [9.17, 15) is 57.5 Å². The summed E-state index contributed by atoms with van der Waals surface area (Å²) in [5.41, 5.74) is 46.0. The van der Waals surface area contributed by atoms with Crippen molar-refractivity contribution in [3.8, 4) is 0 Å². The van der Waals surface area contributed by atoms with E-state index < -0.39 is 95.8 Å². The third-order valence-electron chi connectivity index (χ3n) is 10.9. The summed E-state index contributed by atoms with van der Waals surface area (Å²) in [5, 5.41) is 66.9. The van der Waals surface area contributed by atoms with Crippen molar-refractivity contribution in [2.24, 2.45) is 34.4 Å². The quantitative estimate of drug-likeness (QED) is 0.00642. The molecule has 0 saturated heterocycles. The topological polar surface area (TPSA) is 612 Å². The molecule has 0 heterocycles. The Morgan fingerprint density at radius 1 is 0.325 bits per heavy atom. The first-order valence-electron chi connectivity index (χ1n) is 32.9. The number of carbonyl (C=O) groups excluding carboxylic acids is 4. The highest BCUT2D eigenvalue weighted by Gasteiger charge is 2.19.